The summed E-state index contributed by atoms with van der Waals surface area (Å²) >= 11 is 0. The van der Waals surface area contributed by atoms with E-state index < -0.39 is 6.10 Å². The lowest BCUT2D eigenvalue weighted by atomic mass is 9.92. The number of likely N-dealkylation sites (N-methyl/N-ethyl adjacent to an activating group) is 1. The van der Waals surface area contributed by atoms with E-state index in [0.717, 1.165) is 0 Å². The third-order valence-electron chi connectivity index (χ3n) is 3.17. The Morgan fingerprint density at radius 2 is 2.06 bits per heavy atom. The minimum atomic E-state index is -0.398. The summed E-state index contributed by atoms with van der Waals surface area (Å²) in [6.07, 6.45) is 3.51. The molecule has 0 amide bonds. The van der Waals surface area contributed by atoms with Crippen LogP contribution in [0, 0.1) is 0 Å². The quantitative estimate of drug-likeness (QED) is 0.673. The van der Waals surface area contributed by atoms with E-state index in [1.165, 1.54) is 19.3 Å². The van der Waals surface area contributed by atoms with Crippen molar-refractivity contribution in [2.45, 2.75) is 44.4 Å². The summed E-state index contributed by atoms with van der Waals surface area (Å²) in [5, 5.41) is 9.80. The van der Waals surface area contributed by atoms with Crippen LogP contribution in [-0.2, 0) is 9.47 Å². The molecule has 2 atom stereocenters. The summed E-state index contributed by atoms with van der Waals surface area (Å²) in [7, 11) is 3.73. The van der Waals surface area contributed by atoms with Gasteiger partial charge in [0.2, 0.25) is 0 Å². The van der Waals surface area contributed by atoms with Crippen molar-refractivity contribution < 1.29 is 14.6 Å². The predicted molar refractivity (Wildman–Crippen MR) is 63.6 cm³/mol. The van der Waals surface area contributed by atoms with E-state index in [9.17, 15) is 5.11 Å². The van der Waals surface area contributed by atoms with Gasteiger partial charge in [-0.25, -0.2) is 0 Å². The first kappa shape index (κ1) is 13.9. The molecule has 0 aliphatic heterocycles. The van der Waals surface area contributed by atoms with Crippen LogP contribution in [0.5, 0.6) is 0 Å². The normalized spacial score (nSPS) is 20.8. The zero-order valence-corrected chi connectivity index (χ0v) is 10.7. The Bertz CT molecular complexity index is 185. The van der Waals surface area contributed by atoms with Crippen molar-refractivity contribution in [3.63, 3.8) is 0 Å². The van der Waals surface area contributed by atoms with Gasteiger partial charge >= 0.3 is 0 Å². The van der Waals surface area contributed by atoms with Gasteiger partial charge in [0.05, 0.1) is 25.4 Å². The van der Waals surface area contributed by atoms with E-state index in [-0.39, 0.29) is 6.10 Å². The lowest BCUT2D eigenvalue weighted by Gasteiger charge is -2.35. The summed E-state index contributed by atoms with van der Waals surface area (Å²) < 4.78 is 10.4. The van der Waals surface area contributed by atoms with Crippen LogP contribution in [0.25, 0.3) is 0 Å². The largest absolute Gasteiger partial charge is 0.389 e. The molecule has 4 nitrogen and oxygen atoms in total. The van der Waals surface area contributed by atoms with Crippen molar-refractivity contribution in [1.29, 1.82) is 0 Å². The van der Waals surface area contributed by atoms with Crippen LogP contribution >= 0.6 is 0 Å². The Balaban J connectivity index is 2.07. The maximum Gasteiger partial charge on any atom is 0.0900 e. The van der Waals surface area contributed by atoms with E-state index in [1.54, 1.807) is 7.11 Å². The number of methoxy groups -OCH3 is 1. The van der Waals surface area contributed by atoms with Crippen LogP contribution in [0.2, 0.25) is 0 Å². The SMILES string of the molecule is COCC(C)OCC(O)CN(C)C1CCC1. The van der Waals surface area contributed by atoms with Crippen molar-refractivity contribution >= 4 is 0 Å². The van der Waals surface area contributed by atoms with Gasteiger partial charge in [-0.3, -0.25) is 0 Å². The molecule has 0 radical (unpaired) electrons. The molecular formula is C12H25NO3. The average Bonchev–Trinajstić information content (AvgIpc) is 2.12. The molecule has 0 bridgehead atoms. The number of nitrogens with zero attached hydrogens (tertiary/aromatic N) is 1. The maximum absolute atomic E-state index is 9.80. The van der Waals surface area contributed by atoms with Crippen LogP contribution in [0.15, 0.2) is 0 Å². The zero-order valence-electron chi connectivity index (χ0n) is 10.7. The van der Waals surface area contributed by atoms with Crippen LogP contribution < -0.4 is 0 Å². The molecule has 1 saturated carbocycles. The molecule has 96 valence electrons. The summed E-state index contributed by atoms with van der Waals surface area (Å²) in [5.41, 5.74) is 0. The number of aliphatic hydroxyl groups excluding tert-OH is 1. The molecule has 0 spiro atoms. The molecule has 0 aromatic rings. The monoisotopic (exact) mass is 231 g/mol. The first-order valence-electron chi connectivity index (χ1n) is 6.12. The Labute approximate surface area is 98.5 Å². The van der Waals surface area contributed by atoms with Gasteiger partial charge in [0.15, 0.2) is 0 Å². The van der Waals surface area contributed by atoms with Crippen molar-refractivity contribution in [2.75, 3.05) is 33.9 Å². The first-order chi connectivity index (χ1) is 7.63. The minimum Gasteiger partial charge on any atom is -0.389 e. The van der Waals surface area contributed by atoms with Crippen LogP contribution in [0.1, 0.15) is 26.2 Å². The Morgan fingerprint density at radius 1 is 1.38 bits per heavy atom. The standard InChI is InChI=1S/C12H25NO3/c1-10(8-15-3)16-9-12(14)7-13(2)11-5-4-6-11/h10-12,14H,4-9H2,1-3H3. The third-order valence-corrected chi connectivity index (χ3v) is 3.17. The van der Waals surface area contributed by atoms with Gasteiger partial charge in [0, 0.05) is 19.7 Å². The number of rotatable bonds is 8. The minimum absolute atomic E-state index is 0.0497. The van der Waals surface area contributed by atoms with Gasteiger partial charge in [-0.2, -0.15) is 0 Å². The van der Waals surface area contributed by atoms with E-state index >= 15 is 0 Å². The molecule has 4 heteroatoms. The maximum atomic E-state index is 9.80. The van der Waals surface area contributed by atoms with Gasteiger partial charge in [0.1, 0.15) is 0 Å². The smallest absolute Gasteiger partial charge is 0.0900 e. The fourth-order valence-corrected chi connectivity index (χ4v) is 1.92. The highest BCUT2D eigenvalue weighted by Crippen LogP contribution is 2.23. The molecule has 16 heavy (non-hydrogen) atoms. The van der Waals surface area contributed by atoms with Crippen molar-refractivity contribution in [3.8, 4) is 0 Å². The summed E-state index contributed by atoms with van der Waals surface area (Å²) in [6.45, 7) is 3.61. The van der Waals surface area contributed by atoms with Gasteiger partial charge < -0.3 is 19.5 Å². The van der Waals surface area contributed by atoms with Crippen molar-refractivity contribution in [1.82, 2.24) is 4.90 Å². The molecule has 1 fully saturated rings. The number of aliphatic hydroxyl groups is 1. The topological polar surface area (TPSA) is 41.9 Å². The van der Waals surface area contributed by atoms with Gasteiger partial charge in [-0.15, -0.1) is 0 Å². The first-order valence-corrected chi connectivity index (χ1v) is 6.12. The fraction of sp³-hybridized carbons (Fsp3) is 1.00. The summed E-state index contributed by atoms with van der Waals surface area (Å²) in [6, 6.07) is 0.672. The Morgan fingerprint density at radius 3 is 2.56 bits per heavy atom. The number of hydrogen-bond acceptors (Lipinski definition) is 4. The van der Waals surface area contributed by atoms with Crippen molar-refractivity contribution in [3.05, 3.63) is 0 Å². The van der Waals surface area contributed by atoms with Crippen LogP contribution in [0.4, 0.5) is 0 Å². The molecular weight excluding hydrogens is 206 g/mol. The Kier molecular flexibility index (Phi) is 6.28. The lowest BCUT2D eigenvalue weighted by molar-refractivity contribution is -0.0430. The van der Waals surface area contributed by atoms with Crippen LogP contribution in [0.3, 0.4) is 0 Å². The molecule has 1 N–H and O–H groups in total. The second kappa shape index (κ2) is 7.22. The highest BCUT2D eigenvalue weighted by molar-refractivity contribution is 4.79. The van der Waals surface area contributed by atoms with E-state index in [0.29, 0.717) is 25.8 Å². The Hall–Kier alpha value is -0.160. The molecule has 0 heterocycles. The second-order valence-corrected chi connectivity index (χ2v) is 4.78. The predicted octanol–water partition coefficient (Wildman–Crippen LogP) is 0.883. The lowest BCUT2D eigenvalue weighted by Crippen LogP contribution is -2.42. The second-order valence-electron chi connectivity index (χ2n) is 4.78. The molecule has 0 saturated heterocycles. The molecule has 0 aromatic heterocycles. The third kappa shape index (κ3) is 4.78. The number of hydrogen-bond donors (Lipinski definition) is 1. The fourth-order valence-electron chi connectivity index (χ4n) is 1.92. The van der Waals surface area contributed by atoms with Crippen LogP contribution in [-0.4, -0.2) is 62.2 Å². The molecule has 2 unspecified atom stereocenters. The van der Waals surface area contributed by atoms with Gasteiger partial charge in [0.25, 0.3) is 0 Å². The molecule has 0 aromatic carbocycles. The number of ether oxygens (including phenoxy) is 2. The highest BCUT2D eigenvalue weighted by Gasteiger charge is 2.23. The average molecular weight is 231 g/mol. The molecule has 1 rings (SSSR count). The van der Waals surface area contributed by atoms with E-state index in [1.807, 2.05) is 6.92 Å². The highest BCUT2D eigenvalue weighted by atomic mass is 16.5. The zero-order chi connectivity index (χ0) is 12.0. The van der Waals surface area contributed by atoms with Crippen molar-refractivity contribution in [2.24, 2.45) is 0 Å². The van der Waals surface area contributed by atoms with E-state index in [2.05, 4.69) is 11.9 Å². The molecule has 1 aliphatic rings. The summed E-state index contributed by atoms with van der Waals surface area (Å²) in [4.78, 5) is 2.23. The van der Waals surface area contributed by atoms with Gasteiger partial charge in [-0.1, -0.05) is 6.42 Å². The van der Waals surface area contributed by atoms with Gasteiger partial charge in [-0.05, 0) is 26.8 Å². The van der Waals surface area contributed by atoms with E-state index in [4.69, 9.17) is 9.47 Å². The molecule has 1 aliphatic carbocycles. The summed E-state index contributed by atoms with van der Waals surface area (Å²) in [5.74, 6) is 0.